The number of carbonyl (C=O) groups excluding carboxylic acids is 2. The summed E-state index contributed by atoms with van der Waals surface area (Å²) in [5.74, 6) is -2.82. The molecule has 0 saturated carbocycles. The van der Waals surface area contributed by atoms with Gasteiger partial charge in [-0.3, -0.25) is 4.79 Å². The Balaban J connectivity index is 1.53. The minimum Gasteiger partial charge on any atom is -0.550 e. The molecule has 3 aliphatic rings. The molecule has 1 aromatic carbocycles. The number of fused-ring (bicyclic) bond motifs is 1. The van der Waals surface area contributed by atoms with E-state index in [0.717, 1.165) is 12.0 Å². The van der Waals surface area contributed by atoms with Crippen molar-refractivity contribution in [2.24, 2.45) is 11.8 Å². The molecule has 22 heavy (non-hydrogen) atoms. The van der Waals surface area contributed by atoms with Gasteiger partial charge in [-0.2, -0.15) is 0 Å². The fourth-order valence-electron chi connectivity index (χ4n) is 3.95. The Kier molecular flexibility index (Phi) is 2.87. The highest BCUT2D eigenvalue weighted by Gasteiger charge is 2.65. The third kappa shape index (κ3) is 1.82. The first-order valence-electron chi connectivity index (χ1n) is 7.51. The molecule has 4 rings (SSSR count). The van der Waals surface area contributed by atoms with Gasteiger partial charge < -0.3 is 19.5 Å². The van der Waals surface area contributed by atoms with Crippen molar-refractivity contribution < 1.29 is 19.4 Å². The summed E-state index contributed by atoms with van der Waals surface area (Å²) in [7, 11) is 0. The third-order valence-corrected chi connectivity index (χ3v) is 4.96. The largest absolute Gasteiger partial charge is 0.550 e. The highest BCUT2D eigenvalue weighted by molar-refractivity contribution is 5.90. The summed E-state index contributed by atoms with van der Waals surface area (Å²) >= 11 is 0. The Hall–Kier alpha value is -2.14. The highest BCUT2D eigenvalue weighted by atomic mass is 16.5. The molecule has 1 amide bonds. The zero-order chi connectivity index (χ0) is 15.3. The minimum absolute atomic E-state index is 0.128. The summed E-state index contributed by atoms with van der Waals surface area (Å²) in [6, 6.07) is 9.93. The third-order valence-electron chi connectivity index (χ3n) is 4.96. The smallest absolute Gasteiger partial charge is 0.229 e. The summed E-state index contributed by atoms with van der Waals surface area (Å²) in [5, 5.41) is 11.4. The van der Waals surface area contributed by atoms with E-state index in [-0.39, 0.29) is 5.91 Å². The Morgan fingerprint density at radius 3 is 2.86 bits per heavy atom. The Morgan fingerprint density at radius 2 is 2.14 bits per heavy atom. The number of rotatable bonds is 4. The van der Waals surface area contributed by atoms with E-state index < -0.39 is 29.5 Å². The molecule has 5 heteroatoms. The number of carboxylic acids is 1. The number of benzene rings is 1. The van der Waals surface area contributed by atoms with Crippen LogP contribution in [0.1, 0.15) is 5.56 Å². The summed E-state index contributed by atoms with van der Waals surface area (Å²) in [6.07, 6.45) is 3.85. The van der Waals surface area contributed by atoms with E-state index in [1.165, 1.54) is 0 Å². The molecule has 2 bridgehead atoms. The molecule has 1 spiro atoms. The van der Waals surface area contributed by atoms with Crippen LogP contribution in [-0.4, -0.2) is 41.6 Å². The summed E-state index contributed by atoms with van der Waals surface area (Å²) in [4.78, 5) is 25.7. The van der Waals surface area contributed by atoms with Crippen molar-refractivity contribution in [3.05, 3.63) is 48.0 Å². The van der Waals surface area contributed by atoms with Gasteiger partial charge in [0.2, 0.25) is 5.91 Å². The van der Waals surface area contributed by atoms with Crippen LogP contribution in [0, 0.1) is 11.8 Å². The monoisotopic (exact) mass is 298 g/mol. The van der Waals surface area contributed by atoms with Crippen molar-refractivity contribution >= 4 is 11.9 Å². The van der Waals surface area contributed by atoms with Crippen LogP contribution in [0.25, 0.3) is 0 Å². The van der Waals surface area contributed by atoms with Gasteiger partial charge in [-0.25, -0.2) is 0 Å². The van der Waals surface area contributed by atoms with Crippen molar-refractivity contribution in [2.75, 3.05) is 13.1 Å². The Morgan fingerprint density at radius 1 is 1.36 bits per heavy atom. The molecule has 0 aromatic heterocycles. The number of nitrogens with zero attached hydrogens (tertiary/aromatic N) is 1. The van der Waals surface area contributed by atoms with E-state index in [9.17, 15) is 14.7 Å². The van der Waals surface area contributed by atoms with E-state index in [4.69, 9.17) is 4.74 Å². The molecule has 3 heterocycles. The molecule has 4 atom stereocenters. The van der Waals surface area contributed by atoms with Gasteiger partial charge in [0.1, 0.15) is 5.60 Å². The van der Waals surface area contributed by atoms with Crippen molar-refractivity contribution in [1.29, 1.82) is 0 Å². The average Bonchev–Trinajstić information content (AvgIpc) is 3.14. The van der Waals surface area contributed by atoms with Crippen molar-refractivity contribution in [3.63, 3.8) is 0 Å². The standard InChI is InChI=1S/C17H17NO4/c19-15-14-13(16(20)21)12-6-8-17(14,22-12)10-18(15)9-7-11-4-2-1-3-5-11/h1-6,8,12-14H,7,9-10H2,(H,20,21)/p-1/t12-,13+,14-,17+/m1/s1. The number of likely N-dealkylation sites (tertiary alicyclic amines) is 1. The van der Waals surface area contributed by atoms with Gasteiger partial charge in [0.25, 0.3) is 0 Å². The Labute approximate surface area is 128 Å². The number of carboxylic acid groups (broad SMARTS) is 1. The molecule has 0 radical (unpaired) electrons. The van der Waals surface area contributed by atoms with Gasteiger partial charge >= 0.3 is 0 Å². The van der Waals surface area contributed by atoms with Gasteiger partial charge in [-0.05, 0) is 12.0 Å². The number of hydrogen-bond acceptors (Lipinski definition) is 4. The maximum absolute atomic E-state index is 12.6. The zero-order valence-electron chi connectivity index (χ0n) is 12.0. The lowest BCUT2D eigenvalue weighted by atomic mass is 9.77. The minimum atomic E-state index is -1.19. The van der Waals surface area contributed by atoms with Crippen LogP contribution in [-0.2, 0) is 20.7 Å². The average molecular weight is 298 g/mol. The summed E-state index contributed by atoms with van der Waals surface area (Å²) < 4.78 is 5.82. The number of ether oxygens (including phenoxy) is 1. The zero-order valence-corrected chi connectivity index (χ0v) is 12.0. The molecular formula is C17H16NO4-. The van der Waals surface area contributed by atoms with Crippen LogP contribution in [0.5, 0.6) is 0 Å². The molecule has 0 N–H and O–H groups in total. The van der Waals surface area contributed by atoms with Gasteiger partial charge in [-0.15, -0.1) is 0 Å². The normalized spacial score (nSPS) is 35.2. The SMILES string of the molecule is O=C([O-])[C@H]1[C@H]2C=C[C@@]3(CN(CCc4ccccc4)C(=O)[C@@H]13)O2. The number of aliphatic carboxylic acids is 1. The predicted octanol–water partition coefficient (Wildman–Crippen LogP) is -0.239. The lowest BCUT2D eigenvalue weighted by Gasteiger charge is -2.24. The van der Waals surface area contributed by atoms with Crippen LogP contribution < -0.4 is 5.11 Å². The van der Waals surface area contributed by atoms with E-state index in [1.54, 1.807) is 11.0 Å². The van der Waals surface area contributed by atoms with Crippen LogP contribution >= 0.6 is 0 Å². The second kappa shape index (κ2) is 4.68. The fourth-order valence-corrected chi connectivity index (χ4v) is 3.95. The molecule has 2 fully saturated rings. The highest BCUT2D eigenvalue weighted by Crippen LogP contribution is 2.51. The van der Waals surface area contributed by atoms with E-state index in [1.807, 2.05) is 36.4 Å². The van der Waals surface area contributed by atoms with Gasteiger partial charge in [0.05, 0.1) is 18.6 Å². The summed E-state index contributed by atoms with van der Waals surface area (Å²) in [6.45, 7) is 1.00. The summed E-state index contributed by atoms with van der Waals surface area (Å²) in [5.41, 5.74) is 0.394. The topological polar surface area (TPSA) is 69.7 Å². The predicted molar refractivity (Wildman–Crippen MR) is 75.5 cm³/mol. The van der Waals surface area contributed by atoms with Crippen LogP contribution in [0.4, 0.5) is 0 Å². The fraction of sp³-hybridized carbons (Fsp3) is 0.412. The van der Waals surface area contributed by atoms with Gasteiger partial charge in [-0.1, -0.05) is 42.5 Å². The van der Waals surface area contributed by atoms with Crippen molar-refractivity contribution in [2.45, 2.75) is 18.1 Å². The second-order valence-corrected chi connectivity index (χ2v) is 6.21. The molecule has 1 aromatic rings. The number of carbonyl (C=O) groups is 2. The molecule has 0 aliphatic carbocycles. The van der Waals surface area contributed by atoms with Crippen molar-refractivity contribution in [1.82, 2.24) is 4.90 Å². The molecule has 5 nitrogen and oxygen atoms in total. The molecule has 2 saturated heterocycles. The first-order valence-corrected chi connectivity index (χ1v) is 7.51. The van der Waals surface area contributed by atoms with Gasteiger partial charge in [0, 0.05) is 18.4 Å². The number of amides is 1. The van der Waals surface area contributed by atoms with E-state index in [0.29, 0.717) is 13.1 Å². The molecule has 0 unspecified atom stereocenters. The quantitative estimate of drug-likeness (QED) is 0.720. The van der Waals surface area contributed by atoms with Gasteiger partial charge in [0.15, 0.2) is 0 Å². The first-order chi connectivity index (χ1) is 10.6. The number of hydrogen-bond donors (Lipinski definition) is 0. The maximum Gasteiger partial charge on any atom is 0.229 e. The Bertz CT molecular complexity index is 656. The van der Waals surface area contributed by atoms with Crippen LogP contribution in [0.3, 0.4) is 0 Å². The van der Waals surface area contributed by atoms with Crippen LogP contribution in [0.15, 0.2) is 42.5 Å². The first kappa shape index (κ1) is 13.5. The van der Waals surface area contributed by atoms with Crippen LogP contribution in [0.2, 0.25) is 0 Å². The second-order valence-electron chi connectivity index (χ2n) is 6.21. The molecule has 3 aliphatic heterocycles. The molecular weight excluding hydrogens is 282 g/mol. The van der Waals surface area contributed by atoms with E-state index in [2.05, 4.69) is 0 Å². The molecule has 114 valence electrons. The maximum atomic E-state index is 12.6. The lowest BCUT2D eigenvalue weighted by molar-refractivity contribution is -0.313. The van der Waals surface area contributed by atoms with E-state index >= 15 is 0 Å². The lowest BCUT2D eigenvalue weighted by Crippen LogP contribution is -2.45. The van der Waals surface area contributed by atoms with Crippen molar-refractivity contribution in [3.8, 4) is 0 Å².